The van der Waals surface area contributed by atoms with Gasteiger partial charge in [-0.2, -0.15) is 0 Å². The van der Waals surface area contributed by atoms with E-state index in [0.29, 0.717) is 6.73 Å². The molecule has 2 heteroatoms. The van der Waals surface area contributed by atoms with Crippen molar-refractivity contribution in [2.45, 2.75) is 18.6 Å². The van der Waals surface area contributed by atoms with Crippen LogP contribution in [0.5, 0.6) is 0 Å². The van der Waals surface area contributed by atoms with E-state index < -0.39 is 0 Å². The molecule has 1 aliphatic carbocycles. The Morgan fingerprint density at radius 2 is 2.29 bits per heavy atom. The molecule has 0 bridgehead atoms. The Bertz CT molecular complexity index is 407. The largest absolute Gasteiger partial charge is 0.354 e. The third-order valence-electron chi connectivity index (χ3n) is 3.08. The highest BCUT2D eigenvalue weighted by molar-refractivity contribution is 5.38. The first-order valence-corrected chi connectivity index (χ1v) is 4.82. The molecule has 1 fully saturated rings. The van der Waals surface area contributed by atoms with Crippen LogP contribution in [0.25, 0.3) is 0 Å². The fourth-order valence-electron chi connectivity index (χ4n) is 2.43. The van der Waals surface area contributed by atoms with Crippen LogP contribution in [0.4, 0.5) is 0 Å². The first kappa shape index (κ1) is 7.90. The van der Waals surface area contributed by atoms with E-state index in [1.807, 2.05) is 4.90 Å². The molecule has 0 saturated carbocycles. The number of hydrogen-bond donors (Lipinski definition) is 0. The summed E-state index contributed by atoms with van der Waals surface area (Å²) >= 11 is 0. The summed E-state index contributed by atoms with van der Waals surface area (Å²) in [5.74, 6) is 0. The highest BCUT2D eigenvalue weighted by atomic mass is 16.5. The van der Waals surface area contributed by atoms with Crippen molar-refractivity contribution < 1.29 is 4.74 Å². The van der Waals surface area contributed by atoms with Gasteiger partial charge in [0, 0.05) is 12.5 Å². The van der Waals surface area contributed by atoms with E-state index in [1.54, 1.807) is 0 Å². The van der Waals surface area contributed by atoms with Crippen LogP contribution in [0.3, 0.4) is 0 Å². The van der Waals surface area contributed by atoms with E-state index in [0.717, 1.165) is 6.42 Å². The molecule has 0 spiro atoms. The lowest BCUT2D eigenvalue weighted by molar-refractivity contribution is 0.0998. The molecule has 0 radical (unpaired) electrons. The molecule has 1 aromatic rings. The van der Waals surface area contributed by atoms with Crippen LogP contribution in [0.15, 0.2) is 24.3 Å². The maximum atomic E-state index is 5.65. The Morgan fingerprint density at radius 3 is 3.14 bits per heavy atom. The zero-order chi connectivity index (χ0) is 9.54. The van der Waals surface area contributed by atoms with Gasteiger partial charge in [-0.25, -0.2) is 0 Å². The maximum Gasteiger partial charge on any atom is 0.127 e. The molecular formula is C12H11NO. The van der Waals surface area contributed by atoms with E-state index in [-0.39, 0.29) is 12.1 Å². The SMILES string of the molecule is C#CN1CO[C@@H]2Cc3ccccc3[C@@H]21. The number of terminal acetylenes is 1. The van der Waals surface area contributed by atoms with Gasteiger partial charge in [0.05, 0.1) is 12.1 Å². The van der Waals surface area contributed by atoms with Crippen LogP contribution in [0, 0.1) is 12.5 Å². The van der Waals surface area contributed by atoms with E-state index in [2.05, 4.69) is 30.3 Å². The van der Waals surface area contributed by atoms with Crippen LogP contribution in [0.1, 0.15) is 17.2 Å². The third kappa shape index (κ3) is 0.906. The monoisotopic (exact) mass is 185 g/mol. The van der Waals surface area contributed by atoms with Gasteiger partial charge in [-0.3, -0.25) is 4.90 Å². The number of benzene rings is 1. The minimum absolute atomic E-state index is 0.267. The van der Waals surface area contributed by atoms with Crippen LogP contribution < -0.4 is 0 Å². The normalized spacial score (nSPS) is 28.4. The van der Waals surface area contributed by atoms with Crippen molar-refractivity contribution in [3.8, 4) is 12.5 Å². The van der Waals surface area contributed by atoms with Gasteiger partial charge in [-0.15, -0.1) is 0 Å². The van der Waals surface area contributed by atoms with Gasteiger partial charge >= 0.3 is 0 Å². The molecule has 0 aromatic heterocycles. The molecule has 1 aromatic carbocycles. The summed E-state index contributed by atoms with van der Waals surface area (Å²) in [4.78, 5) is 1.94. The molecule has 1 heterocycles. The van der Waals surface area contributed by atoms with Crippen molar-refractivity contribution in [2.24, 2.45) is 0 Å². The lowest BCUT2D eigenvalue weighted by Crippen LogP contribution is -2.19. The average Bonchev–Trinajstić information content (AvgIpc) is 2.75. The molecule has 2 atom stereocenters. The van der Waals surface area contributed by atoms with Crippen LogP contribution in [-0.2, 0) is 11.2 Å². The predicted octanol–water partition coefficient (Wildman–Crippen LogP) is 1.53. The number of rotatable bonds is 0. The lowest BCUT2D eigenvalue weighted by Gasteiger charge is -2.17. The van der Waals surface area contributed by atoms with Crippen molar-refractivity contribution >= 4 is 0 Å². The minimum atomic E-state index is 0.267. The molecule has 0 amide bonds. The standard InChI is InChI=1S/C12H11NO/c1-2-13-8-14-11-7-9-5-3-4-6-10(9)12(11)13/h1,3-6,11-12H,7-8H2/t11-,12+/m1/s1. The summed E-state index contributed by atoms with van der Waals surface area (Å²) in [6.45, 7) is 0.570. The summed E-state index contributed by atoms with van der Waals surface area (Å²) in [6.07, 6.45) is 6.71. The summed E-state index contributed by atoms with van der Waals surface area (Å²) in [6, 6.07) is 11.4. The maximum absolute atomic E-state index is 5.65. The number of nitrogens with zero attached hydrogens (tertiary/aromatic N) is 1. The van der Waals surface area contributed by atoms with Gasteiger partial charge in [-0.1, -0.05) is 30.7 Å². The first-order chi connectivity index (χ1) is 6.90. The molecule has 70 valence electrons. The van der Waals surface area contributed by atoms with Gasteiger partial charge in [-0.05, 0) is 11.1 Å². The molecule has 14 heavy (non-hydrogen) atoms. The van der Waals surface area contributed by atoms with Crippen molar-refractivity contribution in [1.29, 1.82) is 0 Å². The van der Waals surface area contributed by atoms with Crippen LogP contribution >= 0.6 is 0 Å². The Kier molecular flexibility index (Phi) is 1.56. The van der Waals surface area contributed by atoms with Crippen molar-refractivity contribution in [3.63, 3.8) is 0 Å². The third-order valence-corrected chi connectivity index (χ3v) is 3.08. The molecule has 0 N–H and O–H groups in total. The van der Waals surface area contributed by atoms with Crippen molar-refractivity contribution in [2.75, 3.05) is 6.73 Å². The zero-order valence-electron chi connectivity index (χ0n) is 7.81. The fraction of sp³-hybridized carbons (Fsp3) is 0.333. The topological polar surface area (TPSA) is 12.5 Å². The second-order valence-electron chi connectivity index (χ2n) is 3.78. The fourth-order valence-corrected chi connectivity index (χ4v) is 2.43. The van der Waals surface area contributed by atoms with Crippen LogP contribution in [-0.4, -0.2) is 17.7 Å². The quantitative estimate of drug-likeness (QED) is 0.568. The Morgan fingerprint density at radius 1 is 1.43 bits per heavy atom. The van der Waals surface area contributed by atoms with Gasteiger partial charge < -0.3 is 4.74 Å². The predicted molar refractivity (Wildman–Crippen MR) is 53.3 cm³/mol. The number of fused-ring (bicyclic) bond motifs is 3. The van der Waals surface area contributed by atoms with Gasteiger partial charge in [0.25, 0.3) is 0 Å². The molecule has 2 nitrogen and oxygen atoms in total. The van der Waals surface area contributed by atoms with Gasteiger partial charge in [0.1, 0.15) is 6.73 Å². The summed E-state index contributed by atoms with van der Waals surface area (Å²) in [5, 5.41) is 0. The molecule has 3 rings (SSSR count). The Balaban J connectivity index is 2.07. The van der Waals surface area contributed by atoms with Crippen LogP contribution in [0.2, 0.25) is 0 Å². The second kappa shape index (κ2) is 2.76. The van der Waals surface area contributed by atoms with Crippen molar-refractivity contribution in [1.82, 2.24) is 4.90 Å². The Labute approximate surface area is 83.5 Å². The smallest absolute Gasteiger partial charge is 0.127 e. The van der Waals surface area contributed by atoms with Gasteiger partial charge in [0.2, 0.25) is 0 Å². The van der Waals surface area contributed by atoms with E-state index >= 15 is 0 Å². The van der Waals surface area contributed by atoms with E-state index in [4.69, 9.17) is 11.2 Å². The highest BCUT2D eigenvalue weighted by Gasteiger charge is 2.41. The lowest BCUT2D eigenvalue weighted by atomic mass is 10.1. The first-order valence-electron chi connectivity index (χ1n) is 4.82. The Hall–Kier alpha value is -1.46. The zero-order valence-corrected chi connectivity index (χ0v) is 7.81. The molecule has 2 aliphatic rings. The number of hydrogen-bond acceptors (Lipinski definition) is 2. The average molecular weight is 185 g/mol. The minimum Gasteiger partial charge on any atom is -0.354 e. The molecule has 0 unspecified atom stereocenters. The molecule has 1 aliphatic heterocycles. The molecule has 1 saturated heterocycles. The van der Waals surface area contributed by atoms with E-state index in [1.165, 1.54) is 11.1 Å². The second-order valence-corrected chi connectivity index (χ2v) is 3.78. The summed E-state index contributed by atoms with van der Waals surface area (Å²) in [7, 11) is 0. The number of ether oxygens (including phenoxy) is 1. The molecular weight excluding hydrogens is 174 g/mol. The summed E-state index contributed by atoms with van der Waals surface area (Å²) < 4.78 is 5.65. The van der Waals surface area contributed by atoms with E-state index in [9.17, 15) is 0 Å². The van der Waals surface area contributed by atoms with Crippen molar-refractivity contribution in [3.05, 3.63) is 35.4 Å². The van der Waals surface area contributed by atoms with Gasteiger partial charge in [0.15, 0.2) is 0 Å². The highest BCUT2D eigenvalue weighted by Crippen LogP contribution is 2.40. The summed E-state index contributed by atoms with van der Waals surface area (Å²) in [5.41, 5.74) is 2.72.